The normalized spacial score (nSPS) is 18.6. The van der Waals surface area contributed by atoms with Crippen molar-refractivity contribution < 1.29 is 21.7 Å². The van der Waals surface area contributed by atoms with E-state index in [0.29, 0.717) is 78.9 Å². The molecule has 248 valence electrons. The summed E-state index contributed by atoms with van der Waals surface area (Å²) in [5.74, 6) is 2.23. The smallest absolute Gasteiger partial charge is 0.266 e. The molecule has 0 radical (unpaired) electrons. The Morgan fingerprint density at radius 2 is 1.65 bits per heavy atom. The fourth-order valence-electron chi connectivity index (χ4n) is 5.82. The van der Waals surface area contributed by atoms with Crippen molar-refractivity contribution in [3.05, 3.63) is 66.4 Å². The van der Waals surface area contributed by atoms with Crippen molar-refractivity contribution in [3.8, 4) is 34.5 Å². The Bertz CT molecular complexity index is 2160. The zero-order chi connectivity index (χ0) is 32.8. The molecule has 2 aliphatic carbocycles. The first-order valence-electron chi connectivity index (χ1n) is 16.1. The van der Waals surface area contributed by atoms with Gasteiger partial charge in [0.2, 0.25) is 17.7 Å². The summed E-state index contributed by atoms with van der Waals surface area (Å²) in [6.45, 7) is 3.89. The quantitative estimate of drug-likeness (QED) is 0.167. The first kappa shape index (κ1) is 30.3. The molecule has 2 saturated carbocycles. The molecule has 0 aliphatic heterocycles. The SMILES string of the molecule is CCc1nnc(-c2cccc(CC(C)c3nnc(-c4cnn(S(=O)(=O)C5CC5CCc5nnc(-c6cnn(C7CCC7)c6)o5)c4)o3)n2)o1. The molecule has 0 aromatic carbocycles. The Morgan fingerprint density at radius 1 is 0.896 bits per heavy atom. The molecule has 6 aromatic heterocycles. The van der Waals surface area contributed by atoms with Crippen LogP contribution in [0.4, 0.5) is 0 Å². The minimum atomic E-state index is -3.71. The van der Waals surface area contributed by atoms with E-state index in [9.17, 15) is 8.42 Å². The van der Waals surface area contributed by atoms with E-state index < -0.39 is 15.3 Å². The van der Waals surface area contributed by atoms with Gasteiger partial charge in [-0.05, 0) is 50.2 Å². The molecule has 6 heterocycles. The van der Waals surface area contributed by atoms with E-state index in [1.807, 2.05) is 42.9 Å². The number of rotatable bonds is 13. The molecule has 48 heavy (non-hydrogen) atoms. The summed E-state index contributed by atoms with van der Waals surface area (Å²) in [5, 5.41) is 32.8. The summed E-state index contributed by atoms with van der Waals surface area (Å²) in [7, 11) is -3.71. The minimum Gasteiger partial charge on any atom is -0.421 e. The lowest BCUT2D eigenvalue weighted by Crippen LogP contribution is -2.19. The van der Waals surface area contributed by atoms with Crippen molar-refractivity contribution >= 4 is 10.0 Å². The number of nitrogens with zero attached hydrogens (tertiary/aromatic N) is 11. The van der Waals surface area contributed by atoms with Crippen LogP contribution in [0.1, 0.15) is 81.3 Å². The zero-order valence-electron chi connectivity index (χ0n) is 26.4. The van der Waals surface area contributed by atoms with Gasteiger partial charge in [-0.25, -0.2) is 13.4 Å². The second-order valence-electron chi connectivity index (χ2n) is 12.4. The average Bonchev–Trinajstić information content (AvgIpc) is 3.74. The summed E-state index contributed by atoms with van der Waals surface area (Å²) in [5.41, 5.74) is 2.60. The molecule has 0 bridgehead atoms. The number of hydrogen-bond acceptors (Lipinski definition) is 14. The highest BCUT2D eigenvalue weighted by Crippen LogP contribution is 2.42. The van der Waals surface area contributed by atoms with E-state index in [0.717, 1.165) is 28.2 Å². The Morgan fingerprint density at radius 3 is 2.46 bits per heavy atom. The highest BCUT2D eigenvalue weighted by molar-refractivity contribution is 7.90. The Hall–Kier alpha value is -5.06. The van der Waals surface area contributed by atoms with Crippen molar-refractivity contribution in [2.24, 2.45) is 5.92 Å². The van der Waals surface area contributed by atoms with Crippen molar-refractivity contribution in [3.63, 3.8) is 0 Å². The first-order valence-corrected chi connectivity index (χ1v) is 17.6. The van der Waals surface area contributed by atoms with Gasteiger partial charge in [-0.3, -0.25) is 4.68 Å². The lowest BCUT2D eigenvalue weighted by molar-refractivity contribution is 0.289. The maximum Gasteiger partial charge on any atom is 0.266 e. The second-order valence-corrected chi connectivity index (χ2v) is 14.4. The fraction of sp³-hybridized carbons (Fsp3) is 0.452. The topological polar surface area (TPSA) is 199 Å². The highest BCUT2D eigenvalue weighted by Gasteiger charge is 2.48. The standard InChI is InChI=1S/C31H33N11O5S/c1-3-26-35-40-31(45-26)24-9-4-6-22(34-24)12-18(2)28-37-39-30(47-28)21-15-33-42(17-21)48(43,44)25-13-19(25)10-11-27-36-38-29(46-27)20-14-32-41(16-20)23-7-5-8-23/h4,6,9,14-19,23,25H,3,5,7-8,10-13H2,1-2H3. The predicted molar refractivity (Wildman–Crippen MR) is 167 cm³/mol. The van der Waals surface area contributed by atoms with Gasteiger partial charge in [-0.2, -0.15) is 14.3 Å². The monoisotopic (exact) mass is 671 g/mol. The van der Waals surface area contributed by atoms with E-state index in [4.69, 9.17) is 13.3 Å². The van der Waals surface area contributed by atoms with E-state index in [2.05, 4.69) is 45.8 Å². The minimum absolute atomic E-state index is 0.0316. The van der Waals surface area contributed by atoms with Gasteiger partial charge in [0.25, 0.3) is 27.7 Å². The summed E-state index contributed by atoms with van der Waals surface area (Å²) < 4.78 is 47.1. The molecule has 3 unspecified atom stereocenters. The average molecular weight is 672 g/mol. The molecule has 0 spiro atoms. The number of aryl methyl sites for hydroxylation is 2. The van der Waals surface area contributed by atoms with E-state index in [-0.39, 0.29) is 17.7 Å². The van der Waals surface area contributed by atoms with Gasteiger partial charge in [-0.15, -0.1) is 30.6 Å². The molecule has 0 N–H and O–H groups in total. The summed E-state index contributed by atoms with van der Waals surface area (Å²) >= 11 is 0. The summed E-state index contributed by atoms with van der Waals surface area (Å²) in [4.78, 5) is 4.65. The van der Waals surface area contributed by atoms with Gasteiger partial charge in [0.1, 0.15) is 5.69 Å². The van der Waals surface area contributed by atoms with Crippen molar-refractivity contribution in [1.82, 2.24) is 54.5 Å². The van der Waals surface area contributed by atoms with Gasteiger partial charge in [-0.1, -0.05) is 19.9 Å². The van der Waals surface area contributed by atoms with Crippen LogP contribution in [0.15, 0.2) is 56.2 Å². The summed E-state index contributed by atoms with van der Waals surface area (Å²) in [6, 6.07) is 6.05. The zero-order valence-corrected chi connectivity index (χ0v) is 27.2. The molecule has 16 nitrogen and oxygen atoms in total. The van der Waals surface area contributed by atoms with Crippen LogP contribution in [0, 0.1) is 5.92 Å². The molecule has 0 saturated heterocycles. The van der Waals surface area contributed by atoms with Gasteiger partial charge in [0.05, 0.1) is 41.0 Å². The maximum atomic E-state index is 13.4. The molecule has 17 heteroatoms. The van der Waals surface area contributed by atoms with Crippen LogP contribution in [0.2, 0.25) is 0 Å². The van der Waals surface area contributed by atoms with Gasteiger partial charge in [0, 0.05) is 37.1 Å². The molecule has 2 aliphatic rings. The Kier molecular flexibility index (Phi) is 7.69. The van der Waals surface area contributed by atoms with Crippen LogP contribution in [0.3, 0.4) is 0 Å². The van der Waals surface area contributed by atoms with Crippen LogP contribution in [0.5, 0.6) is 0 Å². The third-order valence-corrected chi connectivity index (χ3v) is 11.0. The van der Waals surface area contributed by atoms with Crippen LogP contribution >= 0.6 is 0 Å². The van der Waals surface area contributed by atoms with Crippen LogP contribution in [0.25, 0.3) is 34.5 Å². The highest BCUT2D eigenvalue weighted by atomic mass is 32.2. The predicted octanol–water partition coefficient (Wildman–Crippen LogP) is 4.46. The maximum absolute atomic E-state index is 13.4. The summed E-state index contributed by atoms with van der Waals surface area (Å²) in [6.07, 6.45) is 12.8. The molecule has 3 atom stereocenters. The second kappa shape index (κ2) is 12.2. The Balaban J connectivity index is 0.866. The van der Waals surface area contributed by atoms with Crippen LogP contribution in [-0.4, -0.2) is 68.2 Å². The molecule has 0 amide bonds. The largest absolute Gasteiger partial charge is 0.421 e. The fourth-order valence-corrected chi connectivity index (χ4v) is 7.65. The Labute approximate surface area is 275 Å². The number of pyridine rings is 1. The molecule has 2 fully saturated rings. The lowest BCUT2D eigenvalue weighted by Gasteiger charge is -2.25. The lowest BCUT2D eigenvalue weighted by atomic mass is 9.93. The van der Waals surface area contributed by atoms with Gasteiger partial charge < -0.3 is 13.3 Å². The number of aromatic nitrogens is 11. The van der Waals surface area contributed by atoms with Crippen LogP contribution < -0.4 is 0 Å². The van der Waals surface area contributed by atoms with E-state index >= 15 is 0 Å². The number of hydrogen-bond donors (Lipinski definition) is 0. The molecule has 6 aromatic rings. The first-order chi connectivity index (χ1) is 23.3. The van der Waals surface area contributed by atoms with Gasteiger partial charge >= 0.3 is 0 Å². The van der Waals surface area contributed by atoms with E-state index in [1.165, 1.54) is 18.8 Å². The van der Waals surface area contributed by atoms with E-state index in [1.54, 1.807) is 6.20 Å². The molecular formula is C31H33N11O5S. The van der Waals surface area contributed by atoms with Gasteiger partial charge in [0.15, 0.2) is 0 Å². The molecular weight excluding hydrogens is 638 g/mol. The van der Waals surface area contributed by atoms with Crippen molar-refractivity contribution in [2.75, 3.05) is 0 Å². The van der Waals surface area contributed by atoms with Crippen molar-refractivity contribution in [1.29, 1.82) is 0 Å². The molecule has 8 rings (SSSR count). The van der Waals surface area contributed by atoms with Crippen molar-refractivity contribution in [2.45, 2.75) is 82.4 Å². The third-order valence-electron chi connectivity index (χ3n) is 8.97. The van der Waals surface area contributed by atoms with Crippen LogP contribution in [-0.2, 0) is 29.3 Å². The third kappa shape index (κ3) is 5.93.